The molecule has 1 unspecified atom stereocenters. The summed E-state index contributed by atoms with van der Waals surface area (Å²) in [7, 11) is 0. The lowest BCUT2D eigenvalue weighted by atomic mass is 9.92. The molecule has 1 aliphatic rings. The van der Waals surface area contributed by atoms with Gasteiger partial charge < -0.3 is 19.9 Å². The van der Waals surface area contributed by atoms with Crippen LogP contribution >= 0.6 is 0 Å². The number of rotatable bonds is 6. The largest absolute Gasteiger partial charge is 0.470 e. The quantitative estimate of drug-likeness (QED) is 0.478. The minimum atomic E-state index is -1.29. The number of carbonyl (C=O) groups excluding carboxylic acids is 1. The molecule has 2 amide bonds. The van der Waals surface area contributed by atoms with Gasteiger partial charge in [-0.3, -0.25) is 10.4 Å². The van der Waals surface area contributed by atoms with E-state index >= 15 is 0 Å². The van der Waals surface area contributed by atoms with E-state index in [1.807, 2.05) is 0 Å². The number of nitrogens with one attached hydrogen (secondary N) is 3. The van der Waals surface area contributed by atoms with Gasteiger partial charge in [0.25, 0.3) is 0 Å². The highest BCUT2D eigenvalue weighted by Gasteiger charge is 2.30. The highest BCUT2D eigenvalue weighted by molar-refractivity contribution is 5.92. The summed E-state index contributed by atoms with van der Waals surface area (Å²) in [4.78, 5) is 16.8. The first-order chi connectivity index (χ1) is 14.8. The molecule has 0 aliphatic carbocycles. The fourth-order valence-electron chi connectivity index (χ4n) is 3.42. The Kier molecular flexibility index (Phi) is 5.75. The zero-order valence-electron chi connectivity index (χ0n) is 17.2. The predicted molar refractivity (Wildman–Crippen MR) is 111 cm³/mol. The predicted octanol–water partition coefficient (Wildman–Crippen LogP) is 2.90. The molecule has 10 heteroatoms. The molecule has 2 atom stereocenters. The Balaban J connectivity index is 1.46. The normalized spacial score (nSPS) is 17.5. The monoisotopic (exact) mass is 429 g/mol. The number of benzene rings is 1. The second-order valence-corrected chi connectivity index (χ2v) is 7.98. The van der Waals surface area contributed by atoms with E-state index in [1.165, 1.54) is 24.3 Å². The van der Waals surface area contributed by atoms with Crippen LogP contribution in [0.15, 0.2) is 36.5 Å². The number of H-pyrrole nitrogens is 1. The fraction of sp³-hybridized carbons (Fsp3) is 0.381. The van der Waals surface area contributed by atoms with Crippen molar-refractivity contribution in [2.24, 2.45) is 0 Å². The van der Waals surface area contributed by atoms with Crippen molar-refractivity contribution in [3.05, 3.63) is 47.9 Å². The average Bonchev–Trinajstić information content (AvgIpc) is 3.36. The first kappa shape index (κ1) is 21.0. The van der Waals surface area contributed by atoms with Crippen LogP contribution in [-0.2, 0) is 4.74 Å². The number of nitrogens with zero attached hydrogens (tertiary/aromatic N) is 2. The third-order valence-corrected chi connectivity index (χ3v) is 5.01. The Labute approximate surface area is 178 Å². The SMILES string of the molecule is CC(C)(O)[C@H](NC(=O)Nc1cc2[nH]nc(OC3CCOC3)c2cn1)c1ccc(F)cc1. The van der Waals surface area contributed by atoms with E-state index in [4.69, 9.17) is 9.47 Å². The van der Waals surface area contributed by atoms with Crippen LogP contribution in [0, 0.1) is 5.82 Å². The molecule has 164 valence electrons. The molecule has 0 bridgehead atoms. The molecule has 2 aromatic heterocycles. The zero-order valence-corrected chi connectivity index (χ0v) is 17.2. The molecule has 4 rings (SSSR count). The number of anilines is 1. The molecule has 0 saturated carbocycles. The van der Waals surface area contributed by atoms with Gasteiger partial charge in [0.15, 0.2) is 0 Å². The van der Waals surface area contributed by atoms with Crippen molar-refractivity contribution in [1.82, 2.24) is 20.5 Å². The number of hydrogen-bond acceptors (Lipinski definition) is 6. The van der Waals surface area contributed by atoms with Crippen molar-refractivity contribution in [1.29, 1.82) is 0 Å². The number of halogens is 1. The van der Waals surface area contributed by atoms with Crippen molar-refractivity contribution < 1.29 is 23.8 Å². The maximum absolute atomic E-state index is 13.2. The maximum atomic E-state index is 13.2. The molecule has 1 fully saturated rings. The minimum Gasteiger partial charge on any atom is -0.470 e. The summed E-state index contributed by atoms with van der Waals surface area (Å²) in [5.74, 6) is 0.328. The third kappa shape index (κ3) is 4.92. The van der Waals surface area contributed by atoms with Gasteiger partial charge in [0.1, 0.15) is 17.7 Å². The number of aromatic nitrogens is 3. The second kappa shape index (κ2) is 8.48. The van der Waals surface area contributed by atoms with Gasteiger partial charge in [0.2, 0.25) is 5.88 Å². The number of pyridine rings is 1. The lowest BCUT2D eigenvalue weighted by Gasteiger charge is -2.30. The van der Waals surface area contributed by atoms with Gasteiger partial charge in [-0.25, -0.2) is 14.2 Å². The summed E-state index contributed by atoms with van der Waals surface area (Å²) < 4.78 is 24.4. The topological polar surface area (TPSA) is 121 Å². The summed E-state index contributed by atoms with van der Waals surface area (Å²) >= 11 is 0. The number of ether oxygens (including phenoxy) is 2. The summed E-state index contributed by atoms with van der Waals surface area (Å²) in [6.45, 7) is 4.32. The van der Waals surface area contributed by atoms with Crippen molar-refractivity contribution in [2.75, 3.05) is 18.5 Å². The summed E-state index contributed by atoms with van der Waals surface area (Å²) in [6, 6.07) is 5.89. The zero-order chi connectivity index (χ0) is 22.0. The van der Waals surface area contributed by atoms with E-state index in [0.717, 1.165) is 6.42 Å². The molecule has 0 spiro atoms. The minimum absolute atomic E-state index is 0.0414. The number of carbonyl (C=O) groups is 1. The van der Waals surface area contributed by atoms with Crippen LogP contribution in [0.2, 0.25) is 0 Å². The molecule has 0 radical (unpaired) electrons. The van der Waals surface area contributed by atoms with Gasteiger partial charge in [0.05, 0.1) is 35.8 Å². The molecular formula is C21H24FN5O4. The molecule has 1 saturated heterocycles. The molecule has 3 heterocycles. The number of aromatic amines is 1. The summed E-state index contributed by atoms with van der Waals surface area (Å²) in [5, 5.41) is 23.6. The summed E-state index contributed by atoms with van der Waals surface area (Å²) in [5.41, 5.74) is -0.0675. The molecule has 9 nitrogen and oxygen atoms in total. The van der Waals surface area contributed by atoms with Crippen molar-refractivity contribution in [3.63, 3.8) is 0 Å². The van der Waals surface area contributed by atoms with Crippen LogP contribution in [0.25, 0.3) is 10.9 Å². The fourth-order valence-corrected chi connectivity index (χ4v) is 3.42. The van der Waals surface area contributed by atoms with Crippen LogP contribution < -0.4 is 15.4 Å². The maximum Gasteiger partial charge on any atom is 0.320 e. The lowest BCUT2D eigenvalue weighted by molar-refractivity contribution is 0.0415. The smallest absolute Gasteiger partial charge is 0.320 e. The lowest BCUT2D eigenvalue weighted by Crippen LogP contribution is -2.43. The van der Waals surface area contributed by atoms with Crippen LogP contribution in [0.4, 0.5) is 15.0 Å². The van der Waals surface area contributed by atoms with E-state index in [2.05, 4.69) is 25.8 Å². The van der Waals surface area contributed by atoms with Crippen molar-refractivity contribution >= 4 is 22.8 Å². The van der Waals surface area contributed by atoms with Crippen molar-refractivity contribution in [2.45, 2.75) is 38.0 Å². The second-order valence-electron chi connectivity index (χ2n) is 7.98. The van der Waals surface area contributed by atoms with Crippen LogP contribution in [0.5, 0.6) is 5.88 Å². The number of aliphatic hydroxyl groups is 1. The van der Waals surface area contributed by atoms with Crippen molar-refractivity contribution in [3.8, 4) is 5.88 Å². The van der Waals surface area contributed by atoms with E-state index in [9.17, 15) is 14.3 Å². The van der Waals surface area contributed by atoms with Gasteiger partial charge in [0, 0.05) is 18.7 Å². The van der Waals surface area contributed by atoms with Gasteiger partial charge in [-0.1, -0.05) is 12.1 Å². The average molecular weight is 429 g/mol. The molecule has 1 aliphatic heterocycles. The first-order valence-corrected chi connectivity index (χ1v) is 9.93. The Morgan fingerprint density at radius 3 is 2.84 bits per heavy atom. The van der Waals surface area contributed by atoms with E-state index < -0.39 is 23.5 Å². The number of fused-ring (bicyclic) bond motifs is 1. The summed E-state index contributed by atoms with van der Waals surface area (Å²) in [6.07, 6.45) is 2.32. The van der Waals surface area contributed by atoms with Gasteiger partial charge in [-0.05, 0) is 31.5 Å². The third-order valence-electron chi connectivity index (χ3n) is 5.01. The molecule has 4 N–H and O–H groups in total. The molecular weight excluding hydrogens is 405 g/mol. The number of hydrogen-bond donors (Lipinski definition) is 4. The van der Waals surface area contributed by atoms with Crippen LogP contribution in [-0.4, -0.2) is 51.2 Å². The van der Waals surface area contributed by atoms with Crippen LogP contribution in [0.3, 0.4) is 0 Å². The van der Waals surface area contributed by atoms with Gasteiger partial charge in [-0.2, -0.15) is 0 Å². The first-order valence-electron chi connectivity index (χ1n) is 9.93. The van der Waals surface area contributed by atoms with E-state index in [1.54, 1.807) is 26.1 Å². The molecule has 1 aromatic carbocycles. The van der Waals surface area contributed by atoms with Crippen LogP contribution in [0.1, 0.15) is 31.9 Å². The number of amides is 2. The van der Waals surface area contributed by atoms with E-state index in [-0.39, 0.29) is 11.9 Å². The Morgan fingerprint density at radius 2 is 2.16 bits per heavy atom. The highest BCUT2D eigenvalue weighted by Crippen LogP contribution is 2.27. The molecule has 3 aromatic rings. The Bertz CT molecular complexity index is 1060. The number of urea groups is 1. The molecule has 31 heavy (non-hydrogen) atoms. The standard InChI is InChI=1S/C21H24FN5O4/c1-21(2,29)18(12-3-5-13(22)6-4-12)25-20(28)24-17-9-16-15(10-23-17)19(27-26-16)31-14-7-8-30-11-14/h3-6,9-10,14,18,29H,7-8,11H2,1-2H3,(H,26,27)(H2,23,24,25,28)/t14?,18-/m1/s1. The highest BCUT2D eigenvalue weighted by atomic mass is 19.1. The Morgan fingerprint density at radius 1 is 1.39 bits per heavy atom. The van der Waals surface area contributed by atoms with Gasteiger partial charge >= 0.3 is 6.03 Å². The van der Waals surface area contributed by atoms with E-state index in [0.29, 0.717) is 35.6 Å². The Hall–Kier alpha value is -3.24. The van der Waals surface area contributed by atoms with Gasteiger partial charge in [-0.15, -0.1) is 5.10 Å².